The van der Waals surface area contributed by atoms with Gasteiger partial charge in [-0.15, -0.1) is 0 Å². The first-order chi connectivity index (χ1) is 9.12. The van der Waals surface area contributed by atoms with Crippen molar-refractivity contribution in [3.05, 3.63) is 0 Å². The van der Waals surface area contributed by atoms with Crippen molar-refractivity contribution in [1.82, 2.24) is 0 Å². The van der Waals surface area contributed by atoms with Gasteiger partial charge in [0.05, 0.1) is 0 Å². The Kier molecular flexibility index (Phi) is 6.92. The first kappa shape index (κ1) is 17.1. The highest BCUT2D eigenvalue weighted by Gasteiger charge is 2.62. The summed E-state index contributed by atoms with van der Waals surface area (Å²) in [6, 6.07) is 0.953. The molecule has 1 fully saturated rings. The Morgan fingerprint density at radius 2 is 1.84 bits per heavy atom. The Balaban J connectivity index is 2.87. The van der Waals surface area contributed by atoms with Crippen molar-refractivity contribution in [2.24, 2.45) is 11.5 Å². The second kappa shape index (κ2) is 7.71. The van der Waals surface area contributed by atoms with Crippen LogP contribution in [0.15, 0.2) is 0 Å². The molecular weight excluding hydrogens is 260 g/mol. The van der Waals surface area contributed by atoms with Gasteiger partial charge in [-0.3, -0.25) is 0 Å². The lowest BCUT2D eigenvalue weighted by atomic mass is 9.99. The molecule has 0 radical (unpaired) electrons. The highest BCUT2D eigenvalue weighted by atomic mass is 28.4. The molecule has 4 N–H and O–H groups in total. The standard InChI is InChI=1S/C13H30N2O3Si/c1-16-13(9-5-4-6-10-14)12(15)8-7-11-19(13,17-2)18-3/h12H,4-11,14-15H2,1-3H3. The molecule has 2 unspecified atom stereocenters. The van der Waals surface area contributed by atoms with Gasteiger partial charge in [0.25, 0.3) is 0 Å². The first-order valence-electron chi connectivity index (χ1n) is 7.23. The van der Waals surface area contributed by atoms with Crippen molar-refractivity contribution in [2.45, 2.75) is 55.8 Å². The average molecular weight is 290 g/mol. The molecule has 1 saturated heterocycles. The molecule has 1 heterocycles. The third-order valence-corrected chi connectivity index (χ3v) is 8.99. The van der Waals surface area contributed by atoms with Crippen molar-refractivity contribution in [3.63, 3.8) is 0 Å². The molecule has 1 aliphatic heterocycles. The molecule has 6 heteroatoms. The molecule has 0 amide bonds. The van der Waals surface area contributed by atoms with Gasteiger partial charge in [-0.05, 0) is 38.3 Å². The topological polar surface area (TPSA) is 79.7 Å². The fraction of sp³-hybridized carbons (Fsp3) is 1.00. The van der Waals surface area contributed by atoms with Gasteiger partial charge >= 0.3 is 8.56 Å². The fourth-order valence-corrected chi connectivity index (χ4v) is 7.35. The van der Waals surface area contributed by atoms with Crippen LogP contribution in [0.3, 0.4) is 0 Å². The number of nitrogens with two attached hydrogens (primary N) is 2. The van der Waals surface area contributed by atoms with E-state index < -0.39 is 13.8 Å². The van der Waals surface area contributed by atoms with Gasteiger partial charge in [0.15, 0.2) is 0 Å². The molecule has 2 atom stereocenters. The summed E-state index contributed by atoms with van der Waals surface area (Å²) in [7, 11) is 2.81. The van der Waals surface area contributed by atoms with Crippen molar-refractivity contribution in [3.8, 4) is 0 Å². The number of rotatable bonds is 8. The van der Waals surface area contributed by atoms with Crippen LogP contribution in [0.4, 0.5) is 0 Å². The molecule has 0 bridgehead atoms. The SMILES string of the molecule is COC1(CCCCCN)C(N)CCC[Si]1(OC)OC. The minimum Gasteiger partial charge on any atom is -0.396 e. The number of hydrogen-bond acceptors (Lipinski definition) is 5. The Labute approximate surface area is 118 Å². The van der Waals surface area contributed by atoms with E-state index in [1.807, 2.05) is 0 Å². The normalized spacial score (nSPS) is 30.5. The largest absolute Gasteiger partial charge is 0.396 e. The van der Waals surface area contributed by atoms with E-state index in [4.69, 9.17) is 25.1 Å². The van der Waals surface area contributed by atoms with Crippen LogP contribution < -0.4 is 11.5 Å². The lowest BCUT2D eigenvalue weighted by molar-refractivity contribution is -0.0289. The van der Waals surface area contributed by atoms with Gasteiger partial charge in [-0.25, -0.2) is 0 Å². The van der Waals surface area contributed by atoms with E-state index in [2.05, 4.69) is 0 Å². The molecule has 0 aromatic rings. The molecule has 1 aliphatic rings. The lowest BCUT2D eigenvalue weighted by Crippen LogP contribution is -2.72. The van der Waals surface area contributed by atoms with E-state index in [1.54, 1.807) is 21.3 Å². The second-order valence-electron chi connectivity index (χ2n) is 5.35. The van der Waals surface area contributed by atoms with E-state index in [0.717, 1.165) is 51.1 Å². The predicted octanol–water partition coefficient (Wildman–Crippen LogP) is 1.29. The molecule has 5 nitrogen and oxygen atoms in total. The van der Waals surface area contributed by atoms with Crippen molar-refractivity contribution >= 4 is 8.56 Å². The number of methoxy groups -OCH3 is 1. The van der Waals surface area contributed by atoms with Gasteiger partial charge in [0.2, 0.25) is 0 Å². The fourth-order valence-electron chi connectivity index (χ4n) is 3.41. The molecule has 0 aromatic carbocycles. The van der Waals surface area contributed by atoms with E-state index in [0.29, 0.717) is 0 Å². The molecule has 1 rings (SSSR count). The maximum absolute atomic E-state index is 6.39. The Morgan fingerprint density at radius 3 is 2.37 bits per heavy atom. The minimum absolute atomic E-state index is 0.00399. The Hall–Kier alpha value is 0.0169. The summed E-state index contributed by atoms with van der Waals surface area (Å²) in [6.45, 7) is 0.739. The molecular formula is C13H30N2O3Si. The van der Waals surface area contributed by atoms with Crippen LogP contribution in [0.5, 0.6) is 0 Å². The zero-order chi connectivity index (χ0) is 14.4. The third-order valence-electron chi connectivity index (χ3n) is 4.54. The van der Waals surface area contributed by atoms with Crippen LogP contribution in [0.2, 0.25) is 6.04 Å². The number of unbranched alkanes of at least 4 members (excludes halogenated alkanes) is 2. The zero-order valence-corrected chi connectivity index (χ0v) is 13.6. The van der Waals surface area contributed by atoms with Crippen LogP contribution in [0, 0.1) is 0 Å². The molecule has 0 aliphatic carbocycles. The van der Waals surface area contributed by atoms with Gasteiger partial charge in [-0.2, -0.15) is 0 Å². The summed E-state index contributed by atoms with van der Waals surface area (Å²) in [5.41, 5.74) is 11.9. The molecule has 114 valence electrons. The maximum atomic E-state index is 6.39. The predicted molar refractivity (Wildman–Crippen MR) is 79.1 cm³/mol. The van der Waals surface area contributed by atoms with E-state index in [9.17, 15) is 0 Å². The van der Waals surface area contributed by atoms with Gasteiger partial charge < -0.3 is 25.1 Å². The zero-order valence-electron chi connectivity index (χ0n) is 12.6. The van der Waals surface area contributed by atoms with E-state index in [-0.39, 0.29) is 6.04 Å². The summed E-state index contributed by atoms with van der Waals surface area (Å²) in [5.74, 6) is 0. The third kappa shape index (κ3) is 3.20. The van der Waals surface area contributed by atoms with Crippen molar-refractivity contribution < 1.29 is 13.6 Å². The molecule has 0 spiro atoms. The van der Waals surface area contributed by atoms with E-state index in [1.165, 1.54) is 0 Å². The number of ether oxygens (including phenoxy) is 1. The van der Waals surface area contributed by atoms with Crippen LogP contribution >= 0.6 is 0 Å². The summed E-state index contributed by atoms with van der Waals surface area (Å²) < 4.78 is 17.6. The van der Waals surface area contributed by atoms with Crippen LogP contribution in [0.25, 0.3) is 0 Å². The smallest absolute Gasteiger partial charge is 0.372 e. The van der Waals surface area contributed by atoms with Crippen LogP contribution in [-0.2, 0) is 13.6 Å². The van der Waals surface area contributed by atoms with Crippen LogP contribution in [0.1, 0.15) is 38.5 Å². The Morgan fingerprint density at radius 1 is 1.16 bits per heavy atom. The quantitative estimate of drug-likeness (QED) is 0.520. The van der Waals surface area contributed by atoms with Crippen molar-refractivity contribution in [1.29, 1.82) is 0 Å². The highest BCUT2D eigenvalue weighted by molar-refractivity contribution is 6.71. The summed E-state index contributed by atoms with van der Waals surface area (Å²) in [6.07, 6.45) is 6.14. The van der Waals surface area contributed by atoms with E-state index >= 15 is 0 Å². The average Bonchev–Trinajstić information content (AvgIpc) is 2.45. The lowest BCUT2D eigenvalue weighted by Gasteiger charge is -2.51. The van der Waals surface area contributed by atoms with Crippen LogP contribution in [-0.4, -0.2) is 47.7 Å². The van der Waals surface area contributed by atoms with Gasteiger partial charge in [0.1, 0.15) is 5.22 Å². The second-order valence-corrected chi connectivity index (χ2v) is 9.02. The minimum atomic E-state index is -2.41. The monoisotopic (exact) mass is 290 g/mol. The summed E-state index contributed by atoms with van der Waals surface area (Å²) >= 11 is 0. The summed E-state index contributed by atoms with van der Waals surface area (Å²) in [4.78, 5) is 0. The molecule has 19 heavy (non-hydrogen) atoms. The number of hydrogen-bond donors (Lipinski definition) is 2. The van der Waals surface area contributed by atoms with Gasteiger partial charge in [-0.1, -0.05) is 12.8 Å². The Bertz CT molecular complexity index is 264. The molecule has 0 aromatic heterocycles. The summed E-state index contributed by atoms with van der Waals surface area (Å²) in [5, 5.41) is -0.427. The maximum Gasteiger partial charge on any atom is 0.372 e. The van der Waals surface area contributed by atoms with Gasteiger partial charge in [0, 0.05) is 27.4 Å². The van der Waals surface area contributed by atoms with Crippen molar-refractivity contribution in [2.75, 3.05) is 27.9 Å². The first-order valence-corrected chi connectivity index (χ1v) is 9.26. The molecule has 0 saturated carbocycles. The highest BCUT2D eigenvalue weighted by Crippen LogP contribution is 2.42.